The van der Waals surface area contributed by atoms with Crippen LogP contribution in [0.5, 0.6) is 11.5 Å². The van der Waals surface area contributed by atoms with Crippen molar-refractivity contribution in [1.82, 2.24) is 14.7 Å². The van der Waals surface area contributed by atoms with E-state index in [2.05, 4.69) is 11.0 Å². The molecule has 1 aromatic carbocycles. The number of benzene rings is 1. The molecule has 0 aliphatic carbocycles. The van der Waals surface area contributed by atoms with Gasteiger partial charge in [-0.3, -0.25) is 9.59 Å². The minimum absolute atomic E-state index is 0.110. The van der Waals surface area contributed by atoms with Gasteiger partial charge in [0.1, 0.15) is 0 Å². The van der Waals surface area contributed by atoms with E-state index in [1.54, 1.807) is 15.9 Å². The zero-order valence-electron chi connectivity index (χ0n) is 18.6. The molecule has 0 N–H and O–H groups in total. The number of piperazine rings is 1. The number of nitrogens with zero attached hydrogens (tertiary/aromatic N) is 4. The van der Waals surface area contributed by atoms with Crippen LogP contribution in [-0.2, 0) is 30.2 Å². The van der Waals surface area contributed by atoms with E-state index in [0.29, 0.717) is 18.0 Å². The summed E-state index contributed by atoms with van der Waals surface area (Å²) in [4.78, 5) is 31.0. The first-order valence-electron chi connectivity index (χ1n) is 10.6. The van der Waals surface area contributed by atoms with Crippen molar-refractivity contribution in [2.45, 2.75) is 42.5 Å². The number of amides is 2. The first-order valence-corrected chi connectivity index (χ1v) is 12.8. The van der Waals surface area contributed by atoms with Gasteiger partial charge < -0.3 is 24.2 Å². The lowest BCUT2D eigenvalue weighted by Gasteiger charge is -2.41. The van der Waals surface area contributed by atoms with Gasteiger partial charge in [0.15, 0.2) is 21.2 Å². The van der Waals surface area contributed by atoms with Crippen molar-refractivity contribution >= 4 is 32.5 Å². The average Bonchev–Trinajstić information content (AvgIpc) is 3.41. The maximum absolute atomic E-state index is 13.9. The first-order chi connectivity index (χ1) is 15.1. The van der Waals surface area contributed by atoms with Crippen LogP contribution >= 0.6 is 0 Å². The van der Waals surface area contributed by atoms with Crippen molar-refractivity contribution in [2.24, 2.45) is 5.41 Å². The average molecular weight is 475 g/mol. The molecule has 0 radical (unpaired) electrons. The van der Waals surface area contributed by atoms with Crippen LogP contribution in [0.25, 0.3) is 0 Å². The Morgan fingerprint density at radius 1 is 1.25 bits per heavy atom. The second kappa shape index (κ2) is 6.89. The lowest BCUT2D eigenvalue weighted by molar-refractivity contribution is -0.160. The van der Waals surface area contributed by atoms with E-state index in [-0.39, 0.29) is 25.0 Å². The minimum atomic E-state index is -1.15. The van der Waals surface area contributed by atoms with Crippen molar-refractivity contribution in [3.8, 4) is 17.6 Å². The summed E-state index contributed by atoms with van der Waals surface area (Å²) in [5.74, 6) is 0.955. The summed E-state index contributed by atoms with van der Waals surface area (Å²) in [6.45, 7) is 5.07. The number of hydrogen-bond acceptors (Lipinski definition) is 7. The van der Waals surface area contributed by atoms with Crippen molar-refractivity contribution in [2.75, 3.05) is 34.0 Å². The van der Waals surface area contributed by atoms with Gasteiger partial charge >= 0.3 is 0 Å². The van der Waals surface area contributed by atoms with Gasteiger partial charge in [0.2, 0.25) is 6.79 Å². The van der Waals surface area contributed by atoms with Gasteiger partial charge in [-0.2, -0.15) is 5.26 Å². The fraction of sp³-hybridized carbons (Fsp3) is 0.591. The molecule has 32 heavy (non-hydrogen) atoms. The van der Waals surface area contributed by atoms with Crippen LogP contribution in [0.4, 0.5) is 0 Å². The molecule has 170 valence electrons. The Bertz CT molecular complexity index is 1100. The maximum Gasteiger partial charge on any atom is 0.261 e. The van der Waals surface area contributed by atoms with E-state index in [0.717, 1.165) is 18.5 Å². The van der Waals surface area contributed by atoms with Gasteiger partial charge in [-0.1, -0.05) is 15.5 Å². The highest BCUT2D eigenvalue weighted by molar-refractivity contribution is 8.31. The summed E-state index contributed by atoms with van der Waals surface area (Å²) in [5.41, 5.74) is -0.192. The smallest absolute Gasteiger partial charge is 0.261 e. The predicted molar refractivity (Wildman–Crippen MR) is 121 cm³/mol. The van der Waals surface area contributed by atoms with Gasteiger partial charge in [-0.25, -0.2) is 0 Å². The minimum Gasteiger partial charge on any atom is -0.454 e. The van der Waals surface area contributed by atoms with Crippen molar-refractivity contribution in [3.63, 3.8) is 0 Å². The van der Waals surface area contributed by atoms with Gasteiger partial charge in [-0.15, -0.1) is 0 Å². The summed E-state index contributed by atoms with van der Waals surface area (Å²) in [6.07, 6.45) is 0.998. The standard InChI is InChI=1S/C22H26N4O4S2/c1-20(12-23)11-22-19(28)25(9-5-8-24(3)4)21(2,32(22)31)18(27)26(22)17(20)14-6-7-15-16(10-14)30-13-29-15/h6-7,10,17H,5,8-9,11,13H2,1-4H3/t17?,20-,21+,22+,32?/m1/s1. The first kappa shape index (κ1) is 21.6. The lowest BCUT2D eigenvalue weighted by Crippen LogP contribution is -2.62. The van der Waals surface area contributed by atoms with E-state index < -0.39 is 30.7 Å². The number of fused-ring (bicyclic) bond motifs is 2. The molecule has 5 rings (SSSR count). The number of hydrogen-bond donors (Lipinski definition) is 0. The van der Waals surface area contributed by atoms with E-state index in [1.165, 1.54) is 0 Å². The second-order valence-electron chi connectivity index (χ2n) is 9.55. The van der Waals surface area contributed by atoms with Crippen LogP contribution in [0.15, 0.2) is 18.2 Å². The normalized spacial score (nSPS) is 36.9. The number of nitriles is 1. The molecule has 0 aromatic heterocycles. The van der Waals surface area contributed by atoms with E-state index in [4.69, 9.17) is 20.7 Å². The molecular formula is C22H26N4O4S2. The molecule has 5 atom stereocenters. The fourth-order valence-electron chi connectivity index (χ4n) is 5.68. The second-order valence-corrected chi connectivity index (χ2v) is 12.6. The van der Waals surface area contributed by atoms with Gasteiger partial charge in [0.05, 0.1) is 17.5 Å². The number of ether oxygens (including phenoxy) is 2. The monoisotopic (exact) mass is 474 g/mol. The fourth-order valence-corrected chi connectivity index (χ4v) is 9.15. The van der Waals surface area contributed by atoms with Crippen LogP contribution in [-0.4, -0.2) is 70.2 Å². The molecule has 3 saturated heterocycles. The lowest BCUT2D eigenvalue weighted by atomic mass is 9.79. The van der Waals surface area contributed by atoms with Crippen LogP contribution in [0.3, 0.4) is 0 Å². The highest BCUT2D eigenvalue weighted by Gasteiger charge is 2.81. The summed E-state index contributed by atoms with van der Waals surface area (Å²) in [7, 11) is 2.99. The van der Waals surface area contributed by atoms with Crippen LogP contribution < -0.4 is 9.47 Å². The molecule has 10 heteroatoms. The van der Waals surface area contributed by atoms with Gasteiger partial charge in [-0.05, 0) is 69.8 Å². The van der Waals surface area contributed by atoms with Crippen molar-refractivity contribution in [3.05, 3.63) is 23.8 Å². The Morgan fingerprint density at radius 3 is 2.66 bits per heavy atom. The molecule has 1 spiro atoms. The van der Waals surface area contributed by atoms with Crippen LogP contribution in [0.2, 0.25) is 0 Å². The number of carbonyl (C=O) groups is 2. The largest absolute Gasteiger partial charge is 0.454 e. The molecule has 2 unspecified atom stereocenters. The Morgan fingerprint density at radius 2 is 1.97 bits per heavy atom. The SMILES string of the molecule is CN(C)CCCN1C(=O)[C@@]23C[C@](C)(C#N)C(c4ccc5c(c4)OCO5)N2C(=O)[C@]1(C)S3=S. The zero-order valence-corrected chi connectivity index (χ0v) is 20.2. The van der Waals surface area contributed by atoms with Crippen molar-refractivity contribution in [1.29, 1.82) is 5.26 Å². The molecule has 2 amide bonds. The quantitative estimate of drug-likeness (QED) is 0.640. The molecule has 3 fully saturated rings. The highest BCUT2D eigenvalue weighted by atomic mass is 32.8. The Labute approximate surface area is 194 Å². The summed E-state index contributed by atoms with van der Waals surface area (Å²) in [5, 5.41) is 10.2. The predicted octanol–water partition coefficient (Wildman–Crippen LogP) is 1.52. The number of rotatable bonds is 5. The van der Waals surface area contributed by atoms with Crippen LogP contribution in [0.1, 0.15) is 38.3 Å². The third-order valence-corrected chi connectivity index (χ3v) is 11.2. The molecule has 4 heterocycles. The van der Waals surface area contributed by atoms with Gasteiger partial charge in [0, 0.05) is 13.0 Å². The van der Waals surface area contributed by atoms with Crippen molar-refractivity contribution < 1.29 is 19.1 Å². The Balaban J connectivity index is 1.59. The molecular weight excluding hydrogens is 448 g/mol. The Hall–Kier alpha value is -2.22. The molecule has 4 aliphatic rings. The molecule has 4 aliphatic heterocycles. The van der Waals surface area contributed by atoms with E-state index in [9.17, 15) is 14.9 Å². The van der Waals surface area contributed by atoms with Gasteiger partial charge in [0.25, 0.3) is 11.8 Å². The third kappa shape index (κ3) is 2.47. The van der Waals surface area contributed by atoms with E-state index in [1.807, 2.05) is 40.1 Å². The molecule has 8 nitrogen and oxygen atoms in total. The van der Waals surface area contributed by atoms with Crippen LogP contribution in [0, 0.1) is 16.7 Å². The summed E-state index contributed by atoms with van der Waals surface area (Å²) < 4.78 is 11.0. The molecule has 1 aromatic rings. The molecule has 0 saturated carbocycles. The highest BCUT2D eigenvalue weighted by Crippen LogP contribution is 2.65. The third-order valence-electron chi connectivity index (χ3n) is 7.19. The topological polar surface area (TPSA) is 86.1 Å². The molecule has 2 bridgehead atoms. The summed E-state index contributed by atoms with van der Waals surface area (Å²) in [6, 6.07) is 7.32. The maximum atomic E-state index is 13.9. The van der Waals surface area contributed by atoms with E-state index >= 15 is 0 Å². The summed E-state index contributed by atoms with van der Waals surface area (Å²) >= 11 is 5.96. The Kier molecular flexibility index (Phi) is 4.65. The zero-order chi connectivity index (χ0) is 23.1. The number of carbonyl (C=O) groups excluding carboxylic acids is 2.